The number of ether oxygens (including phenoxy) is 1. The summed E-state index contributed by atoms with van der Waals surface area (Å²) in [4.78, 5) is 31.7. The van der Waals surface area contributed by atoms with Crippen molar-refractivity contribution in [2.24, 2.45) is 0 Å². The molecule has 0 bridgehead atoms. The van der Waals surface area contributed by atoms with E-state index in [2.05, 4.69) is 35.4 Å². The molecule has 0 spiro atoms. The summed E-state index contributed by atoms with van der Waals surface area (Å²) in [7, 11) is 0. The molecule has 148 valence electrons. The molecule has 29 heavy (non-hydrogen) atoms. The summed E-state index contributed by atoms with van der Waals surface area (Å²) in [6.07, 6.45) is 1.75. The summed E-state index contributed by atoms with van der Waals surface area (Å²) in [6.45, 7) is 3.71. The number of nitrogens with one attached hydrogen (secondary N) is 1. The molecule has 1 atom stereocenters. The van der Waals surface area contributed by atoms with Crippen molar-refractivity contribution in [3.8, 4) is 5.75 Å². The van der Waals surface area contributed by atoms with Crippen LogP contribution in [0.2, 0.25) is 0 Å². The van der Waals surface area contributed by atoms with Gasteiger partial charge in [0.15, 0.2) is 11.2 Å². The van der Waals surface area contributed by atoms with Gasteiger partial charge in [-0.3, -0.25) is 14.9 Å². The monoisotopic (exact) mass is 407 g/mol. The van der Waals surface area contributed by atoms with Gasteiger partial charge in [0.1, 0.15) is 5.75 Å². The van der Waals surface area contributed by atoms with Gasteiger partial charge in [0, 0.05) is 24.4 Å². The third-order valence-corrected chi connectivity index (χ3v) is 5.60. The zero-order valence-corrected chi connectivity index (χ0v) is 17.0. The zero-order chi connectivity index (χ0) is 20.4. The van der Waals surface area contributed by atoms with Crippen LogP contribution in [0.3, 0.4) is 0 Å². The number of hydrogen-bond acceptors (Lipinski definition) is 5. The van der Waals surface area contributed by atoms with Gasteiger partial charge >= 0.3 is 0 Å². The summed E-state index contributed by atoms with van der Waals surface area (Å²) < 4.78 is 5.83. The molecule has 1 aliphatic rings. The second-order valence-electron chi connectivity index (χ2n) is 6.99. The first-order chi connectivity index (χ1) is 14.0. The highest BCUT2D eigenvalue weighted by Gasteiger charge is 2.32. The molecule has 7 heteroatoms. The summed E-state index contributed by atoms with van der Waals surface area (Å²) >= 11 is 1.44. The van der Waals surface area contributed by atoms with Crippen LogP contribution >= 0.6 is 11.3 Å². The van der Waals surface area contributed by atoms with E-state index in [1.165, 1.54) is 29.4 Å². The average molecular weight is 407 g/mol. The smallest absolute Gasteiger partial charge is 0.269 e. The fourth-order valence-corrected chi connectivity index (χ4v) is 4.17. The van der Waals surface area contributed by atoms with E-state index >= 15 is 0 Å². The lowest BCUT2D eigenvalue weighted by molar-refractivity contribution is -0.123. The lowest BCUT2D eigenvalue weighted by atomic mass is 10.1. The Labute approximate surface area is 173 Å². The van der Waals surface area contributed by atoms with E-state index in [0.29, 0.717) is 16.6 Å². The number of anilines is 2. The fraction of sp³-hybridized carbons (Fsp3) is 0.227. The van der Waals surface area contributed by atoms with Crippen LogP contribution in [0.4, 0.5) is 10.8 Å². The van der Waals surface area contributed by atoms with E-state index in [0.717, 1.165) is 11.3 Å². The predicted molar refractivity (Wildman–Crippen MR) is 114 cm³/mol. The van der Waals surface area contributed by atoms with Crippen molar-refractivity contribution in [3.63, 3.8) is 0 Å². The Morgan fingerprint density at radius 3 is 2.86 bits per heavy atom. The minimum absolute atomic E-state index is 0.131. The standard InChI is InChI=1S/C22H21N3O3S/c1-14-6-5-7-16(10-14)11-17-12-23-22(29-17)24-21(27)20-13-25(15(2)26)18-8-3-4-9-19(18)28-20/h3-10,12,20H,11,13H2,1-2H3,(H,23,24,27)/t20-/m0/s1. The minimum atomic E-state index is -0.794. The Bertz CT molecular complexity index is 1060. The number of benzene rings is 2. The first-order valence-electron chi connectivity index (χ1n) is 9.34. The Hall–Kier alpha value is -3.19. The Morgan fingerprint density at radius 2 is 2.07 bits per heavy atom. The molecule has 2 aromatic carbocycles. The highest BCUT2D eigenvalue weighted by atomic mass is 32.1. The third-order valence-electron chi connectivity index (χ3n) is 4.69. The van der Waals surface area contributed by atoms with E-state index in [-0.39, 0.29) is 18.4 Å². The van der Waals surface area contributed by atoms with Gasteiger partial charge in [0.05, 0.1) is 12.2 Å². The number of amides is 2. The second kappa shape index (κ2) is 8.05. The summed E-state index contributed by atoms with van der Waals surface area (Å²) in [5.74, 6) is 0.0730. The van der Waals surface area contributed by atoms with E-state index < -0.39 is 6.10 Å². The van der Waals surface area contributed by atoms with Gasteiger partial charge < -0.3 is 9.64 Å². The summed E-state index contributed by atoms with van der Waals surface area (Å²) in [5.41, 5.74) is 3.10. The molecule has 1 aliphatic heterocycles. The number of nitrogens with zero attached hydrogens (tertiary/aromatic N) is 2. The Morgan fingerprint density at radius 1 is 1.24 bits per heavy atom. The SMILES string of the molecule is CC(=O)N1C[C@@H](C(=O)Nc2ncc(Cc3cccc(C)c3)s2)Oc2ccccc21. The van der Waals surface area contributed by atoms with E-state index in [9.17, 15) is 9.59 Å². The molecule has 0 saturated carbocycles. The average Bonchev–Trinajstić information content (AvgIpc) is 3.13. The molecule has 0 unspecified atom stereocenters. The van der Waals surface area contributed by atoms with Gasteiger partial charge in [-0.05, 0) is 24.6 Å². The molecule has 0 aliphatic carbocycles. The number of thiazole rings is 1. The highest BCUT2D eigenvalue weighted by molar-refractivity contribution is 7.15. The summed E-state index contributed by atoms with van der Waals surface area (Å²) in [6, 6.07) is 15.5. The minimum Gasteiger partial charge on any atom is -0.476 e. The Kier molecular flexibility index (Phi) is 5.31. The van der Waals surface area contributed by atoms with E-state index in [4.69, 9.17) is 4.74 Å². The Balaban J connectivity index is 1.45. The topological polar surface area (TPSA) is 71.5 Å². The molecule has 0 fully saturated rings. The predicted octanol–water partition coefficient (Wildman–Crippen LogP) is 3.79. The maximum atomic E-state index is 12.8. The lowest BCUT2D eigenvalue weighted by Gasteiger charge is -2.33. The van der Waals surface area contributed by atoms with Crippen molar-refractivity contribution >= 4 is 34.0 Å². The number of aryl methyl sites for hydroxylation is 1. The number of para-hydroxylation sites is 2. The number of fused-ring (bicyclic) bond motifs is 1. The van der Waals surface area contributed by atoms with Gasteiger partial charge in [-0.25, -0.2) is 4.98 Å². The zero-order valence-electron chi connectivity index (χ0n) is 16.2. The van der Waals surface area contributed by atoms with Crippen LogP contribution in [-0.4, -0.2) is 29.4 Å². The van der Waals surface area contributed by atoms with Crippen LogP contribution in [0.25, 0.3) is 0 Å². The van der Waals surface area contributed by atoms with Crippen LogP contribution in [0, 0.1) is 6.92 Å². The quantitative estimate of drug-likeness (QED) is 0.714. The van der Waals surface area contributed by atoms with Crippen LogP contribution in [0.5, 0.6) is 5.75 Å². The molecule has 2 amide bonds. The van der Waals surface area contributed by atoms with Crippen LogP contribution in [0.15, 0.2) is 54.7 Å². The number of aromatic nitrogens is 1. The number of carbonyl (C=O) groups excluding carboxylic acids is 2. The van der Waals surface area contributed by atoms with Crippen molar-refractivity contribution in [1.82, 2.24) is 4.98 Å². The van der Waals surface area contributed by atoms with Crippen molar-refractivity contribution in [2.75, 3.05) is 16.8 Å². The molecule has 1 N–H and O–H groups in total. The van der Waals surface area contributed by atoms with Crippen LogP contribution in [0.1, 0.15) is 22.9 Å². The number of hydrogen-bond donors (Lipinski definition) is 1. The summed E-state index contributed by atoms with van der Waals surface area (Å²) in [5, 5.41) is 3.35. The molecule has 4 rings (SSSR count). The molecule has 1 aromatic heterocycles. The number of rotatable bonds is 4. The molecular weight excluding hydrogens is 386 g/mol. The van der Waals surface area contributed by atoms with Crippen molar-refractivity contribution in [3.05, 3.63) is 70.7 Å². The fourth-order valence-electron chi connectivity index (χ4n) is 3.33. The maximum absolute atomic E-state index is 12.8. The first-order valence-corrected chi connectivity index (χ1v) is 10.2. The molecular formula is C22H21N3O3S. The molecule has 0 saturated heterocycles. The van der Waals surface area contributed by atoms with Gasteiger partial charge in [-0.15, -0.1) is 11.3 Å². The van der Waals surface area contributed by atoms with Crippen molar-refractivity contribution in [1.29, 1.82) is 0 Å². The molecule has 2 heterocycles. The van der Waals surface area contributed by atoms with Gasteiger partial charge in [-0.1, -0.05) is 42.0 Å². The van der Waals surface area contributed by atoms with Gasteiger partial charge in [0.2, 0.25) is 5.91 Å². The van der Waals surface area contributed by atoms with E-state index in [1.54, 1.807) is 17.2 Å². The third kappa shape index (κ3) is 4.30. The second-order valence-corrected chi connectivity index (χ2v) is 8.11. The first kappa shape index (κ1) is 19.1. The van der Waals surface area contributed by atoms with Gasteiger partial charge in [-0.2, -0.15) is 0 Å². The normalized spacial score (nSPS) is 15.4. The molecule has 0 radical (unpaired) electrons. The van der Waals surface area contributed by atoms with E-state index in [1.807, 2.05) is 24.3 Å². The number of carbonyl (C=O) groups is 2. The molecule has 6 nitrogen and oxygen atoms in total. The van der Waals surface area contributed by atoms with Gasteiger partial charge in [0.25, 0.3) is 5.91 Å². The van der Waals surface area contributed by atoms with Crippen LogP contribution < -0.4 is 15.0 Å². The van der Waals surface area contributed by atoms with Crippen LogP contribution in [-0.2, 0) is 16.0 Å². The maximum Gasteiger partial charge on any atom is 0.269 e. The largest absolute Gasteiger partial charge is 0.476 e. The van der Waals surface area contributed by atoms with Crippen molar-refractivity contribution < 1.29 is 14.3 Å². The molecule has 3 aromatic rings. The lowest BCUT2D eigenvalue weighted by Crippen LogP contribution is -2.48. The highest BCUT2D eigenvalue weighted by Crippen LogP contribution is 2.33. The van der Waals surface area contributed by atoms with Crippen molar-refractivity contribution in [2.45, 2.75) is 26.4 Å².